The minimum Gasteiger partial charge on any atom is -0.744 e. The summed E-state index contributed by atoms with van der Waals surface area (Å²) >= 11 is 0. The fraction of sp³-hybridized carbons (Fsp3) is 0.148. The molecule has 4 N–H and O–H groups in total. The second kappa shape index (κ2) is 11.1. The van der Waals surface area contributed by atoms with Gasteiger partial charge in [0.25, 0.3) is 0 Å². The molecule has 3 aromatic carbocycles. The number of ether oxygens (including phenoxy) is 1. The molecule has 0 saturated carbocycles. The van der Waals surface area contributed by atoms with Gasteiger partial charge in [-0.15, -0.1) is 10.2 Å². The van der Waals surface area contributed by atoms with E-state index in [2.05, 4.69) is 31.4 Å². The van der Waals surface area contributed by atoms with E-state index in [1.165, 1.54) is 18.3 Å². The molecule has 11 heteroatoms. The number of rotatable bonds is 8. The topological polar surface area (TPSA) is 146 Å². The molecule has 1 aliphatic rings. The molecule has 0 aliphatic carbocycles. The summed E-state index contributed by atoms with van der Waals surface area (Å²) in [4.78, 5) is -0.404. The maximum atomic E-state index is 12.3. The number of anilines is 3. The number of aromatic nitrogens is 3. The van der Waals surface area contributed by atoms with Crippen LogP contribution in [0.25, 0.3) is 12.2 Å². The second-order valence-electron chi connectivity index (χ2n) is 8.69. The molecule has 1 aromatic heterocycles. The van der Waals surface area contributed by atoms with E-state index in [1.54, 1.807) is 12.1 Å². The van der Waals surface area contributed by atoms with Gasteiger partial charge in [0, 0.05) is 5.69 Å². The lowest BCUT2D eigenvalue weighted by Gasteiger charge is -2.37. The fourth-order valence-electron chi connectivity index (χ4n) is 4.33. The number of para-hydroxylation sites is 2. The lowest BCUT2D eigenvalue weighted by molar-refractivity contribution is -0.686. The maximum absolute atomic E-state index is 12.3. The first-order valence-electron chi connectivity index (χ1n) is 12.0. The van der Waals surface area contributed by atoms with Crippen LogP contribution >= 0.6 is 0 Å². The Bertz CT molecular complexity index is 1530. The van der Waals surface area contributed by atoms with Gasteiger partial charge in [-0.25, -0.2) is 8.42 Å². The predicted octanol–water partition coefficient (Wildman–Crippen LogP) is 2.55. The summed E-state index contributed by atoms with van der Waals surface area (Å²) in [7, 11) is -4.82. The number of nitrogens with zero attached hydrogens (tertiary/aromatic N) is 3. The Kier molecular flexibility index (Phi) is 7.43. The fourth-order valence-corrected chi connectivity index (χ4v) is 5.00. The van der Waals surface area contributed by atoms with Gasteiger partial charge in [-0.3, -0.25) is 0 Å². The minimum atomic E-state index is -4.82. The number of quaternary nitrogens is 1. The average Bonchev–Trinajstić information content (AvgIpc) is 2.94. The zero-order valence-corrected chi connectivity index (χ0v) is 21.1. The van der Waals surface area contributed by atoms with Crippen molar-refractivity contribution in [1.82, 2.24) is 15.4 Å². The van der Waals surface area contributed by atoms with Gasteiger partial charge < -0.3 is 25.2 Å². The van der Waals surface area contributed by atoms with Crippen LogP contribution in [0.5, 0.6) is 0 Å². The summed E-state index contributed by atoms with van der Waals surface area (Å²) in [6.07, 6.45) is 5.10. The number of hydrogen-bond acceptors (Lipinski definition) is 9. The van der Waals surface area contributed by atoms with Crippen LogP contribution in [-0.4, -0.2) is 48.1 Å². The first-order chi connectivity index (χ1) is 18.4. The van der Waals surface area contributed by atoms with E-state index in [-0.39, 0.29) is 11.5 Å². The van der Waals surface area contributed by atoms with Crippen LogP contribution in [0, 0.1) is 0 Å². The molecule has 4 aromatic rings. The van der Waals surface area contributed by atoms with Gasteiger partial charge in [0.15, 0.2) is 5.82 Å². The number of nitrogens with two attached hydrogens (primary N) is 1. The molecule has 0 bridgehead atoms. The van der Waals surface area contributed by atoms with Crippen molar-refractivity contribution in [3.63, 3.8) is 0 Å². The van der Waals surface area contributed by atoms with E-state index in [0.717, 1.165) is 17.8 Å². The first-order valence-corrected chi connectivity index (χ1v) is 13.4. The number of hydrogen-bond donors (Lipinski definition) is 3. The molecule has 1 aliphatic heterocycles. The maximum Gasteiger partial charge on any atom is 0.220 e. The quantitative estimate of drug-likeness (QED) is 0.231. The number of nitrogens with one attached hydrogen (secondary N) is 2. The van der Waals surface area contributed by atoms with Gasteiger partial charge in [0.05, 0.1) is 35.5 Å². The molecular weight excluding hydrogens is 504 g/mol. The minimum absolute atomic E-state index is 0.0890. The third kappa shape index (κ3) is 5.71. The van der Waals surface area contributed by atoms with Crippen LogP contribution in [0.15, 0.2) is 90.0 Å². The van der Waals surface area contributed by atoms with Crippen LogP contribution in [0.4, 0.5) is 17.2 Å². The smallest absolute Gasteiger partial charge is 0.220 e. The molecule has 10 nitrogen and oxygen atoms in total. The Morgan fingerprint density at radius 3 is 2.45 bits per heavy atom. The highest BCUT2D eigenvalue weighted by molar-refractivity contribution is 7.86. The molecule has 194 valence electrons. The van der Waals surface area contributed by atoms with Crippen molar-refractivity contribution < 1.29 is 23.0 Å². The normalized spacial score (nSPS) is 17.8. The zero-order chi connectivity index (χ0) is 26.4. The Morgan fingerprint density at radius 1 is 0.974 bits per heavy atom. The summed E-state index contributed by atoms with van der Waals surface area (Å²) in [5, 5.41) is 20.6. The molecule has 1 fully saturated rings. The Balaban J connectivity index is 1.60. The number of benzene rings is 3. The lowest BCUT2D eigenvalue weighted by atomic mass is 10.0. The van der Waals surface area contributed by atoms with E-state index in [9.17, 15) is 13.0 Å². The summed E-state index contributed by atoms with van der Waals surface area (Å²) < 4.78 is 43.0. The predicted molar refractivity (Wildman–Crippen MR) is 142 cm³/mol. The Labute approximate surface area is 220 Å². The van der Waals surface area contributed by atoms with Crippen molar-refractivity contribution in [1.29, 1.82) is 0 Å². The molecule has 0 amide bonds. The van der Waals surface area contributed by atoms with Crippen molar-refractivity contribution >= 4 is 39.5 Å². The van der Waals surface area contributed by atoms with Crippen LogP contribution in [0.1, 0.15) is 16.7 Å². The highest BCUT2D eigenvalue weighted by atomic mass is 32.2. The SMILES string of the molecule is O=S(=O)([O-])c1cccc(/C=C\c2ccccc2)c1Nc1nnncc1C1(Nc2ccccc2)C[NH2+]CCO1. The summed E-state index contributed by atoms with van der Waals surface area (Å²) in [5.41, 5.74) is 1.77. The highest BCUT2D eigenvalue weighted by Gasteiger charge is 2.41. The second-order valence-corrected chi connectivity index (χ2v) is 10.0. The van der Waals surface area contributed by atoms with Gasteiger partial charge in [-0.1, -0.05) is 72.8 Å². The van der Waals surface area contributed by atoms with Crippen LogP contribution in [-0.2, 0) is 20.6 Å². The van der Waals surface area contributed by atoms with Crippen molar-refractivity contribution in [2.45, 2.75) is 10.6 Å². The first kappa shape index (κ1) is 25.5. The summed E-state index contributed by atoms with van der Waals surface area (Å²) in [6.45, 7) is 1.73. The monoisotopic (exact) mass is 530 g/mol. The molecule has 38 heavy (non-hydrogen) atoms. The largest absolute Gasteiger partial charge is 0.744 e. The third-order valence-electron chi connectivity index (χ3n) is 6.12. The van der Waals surface area contributed by atoms with E-state index in [0.29, 0.717) is 24.3 Å². The third-order valence-corrected chi connectivity index (χ3v) is 7.00. The standard InChI is InChI=1S/C27H26N6O4S/c34-38(35,36)24-13-7-10-21(15-14-20-8-3-1-4-9-20)25(24)30-26-23(18-29-33-32-26)27(19-28-16-17-37-27)31-22-11-5-2-6-12-22/h1-15,18,28,31H,16-17,19H2,(H,29,30,32)(H,34,35,36)/b15-14-. The molecule has 1 saturated heterocycles. The van der Waals surface area contributed by atoms with Crippen molar-refractivity contribution in [2.24, 2.45) is 0 Å². The molecule has 1 atom stereocenters. The molecular formula is C27H26N6O4S. The Morgan fingerprint density at radius 2 is 1.74 bits per heavy atom. The van der Waals surface area contributed by atoms with E-state index >= 15 is 0 Å². The van der Waals surface area contributed by atoms with Gasteiger partial charge in [-0.2, -0.15) is 0 Å². The van der Waals surface area contributed by atoms with Gasteiger partial charge in [0.2, 0.25) is 5.72 Å². The molecule has 0 spiro atoms. The summed E-state index contributed by atoms with van der Waals surface area (Å²) in [6, 6.07) is 23.6. The summed E-state index contributed by atoms with van der Waals surface area (Å²) in [5.74, 6) is 0.212. The van der Waals surface area contributed by atoms with E-state index < -0.39 is 20.7 Å². The van der Waals surface area contributed by atoms with E-state index in [1.807, 2.05) is 66.7 Å². The molecule has 0 radical (unpaired) electrons. The van der Waals surface area contributed by atoms with Crippen molar-refractivity contribution in [3.05, 3.63) is 102 Å². The molecule has 2 heterocycles. The van der Waals surface area contributed by atoms with Crippen molar-refractivity contribution in [3.8, 4) is 0 Å². The van der Waals surface area contributed by atoms with Gasteiger partial charge >= 0.3 is 0 Å². The lowest BCUT2D eigenvalue weighted by Crippen LogP contribution is -2.92. The van der Waals surface area contributed by atoms with Crippen LogP contribution < -0.4 is 16.0 Å². The number of morpholine rings is 1. The Hall–Kier alpha value is -4.16. The molecule has 1 unspecified atom stereocenters. The van der Waals surface area contributed by atoms with Crippen LogP contribution in [0.3, 0.4) is 0 Å². The van der Waals surface area contributed by atoms with Crippen LogP contribution in [0.2, 0.25) is 0 Å². The average molecular weight is 531 g/mol. The van der Waals surface area contributed by atoms with E-state index in [4.69, 9.17) is 4.74 Å². The molecule has 5 rings (SSSR count). The van der Waals surface area contributed by atoms with Crippen molar-refractivity contribution in [2.75, 3.05) is 30.3 Å². The van der Waals surface area contributed by atoms with Gasteiger partial charge in [-0.05, 0) is 34.5 Å². The van der Waals surface area contributed by atoms with Gasteiger partial charge in [0.1, 0.15) is 16.7 Å². The highest BCUT2D eigenvalue weighted by Crippen LogP contribution is 2.35. The zero-order valence-electron chi connectivity index (χ0n) is 20.3.